The van der Waals surface area contributed by atoms with E-state index >= 15 is 0 Å². The Morgan fingerprint density at radius 1 is 1.37 bits per heavy atom. The maximum absolute atomic E-state index is 5.26. The maximum atomic E-state index is 5.26. The van der Waals surface area contributed by atoms with Crippen LogP contribution in [0.2, 0.25) is 0 Å². The Bertz CT molecular complexity index is 553. The third-order valence-corrected chi connectivity index (χ3v) is 3.68. The normalized spacial score (nSPS) is 11.0. The molecule has 0 saturated carbocycles. The fourth-order valence-electron chi connectivity index (χ4n) is 2.01. The van der Waals surface area contributed by atoms with Crippen molar-refractivity contribution in [2.24, 2.45) is 7.05 Å². The molecule has 0 aliphatic rings. The Morgan fingerprint density at radius 3 is 2.79 bits per heavy atom. The number of nitrogens with zero attached hydrogens (tertiary/aromatic N) is 3. The molecule has 1 heterocycles. The van der Waals surface area contributed by atoms with Crippen molar-refractivity contribution in [1.29, 1.82) is 0 Å². The van der Waals surface area contributed by atoms with Gasteiger partial charge in [-0.3, -0.25) is 9.58 Å². The summed E-state index contributed by atoms with van der Waals surface area (Å²) in [5.74, 6) is 0.882. The standard InChI is InChI=1S/C14H18BrN3O/c1-17(8-11-7-16-18(2)9-11)10-12-6-13(19-3)4-5-14(12)15/h4-7,9H,8,10H2,1-3H3. The number of hydrogen-bond donors (Lipinski definition) is 0. The van der Waals surface area contributed by atoms with E-state index in [-0.39, 0.29) is 0 Å². The van der Waals surface area contributed by atoms with Crippen molar-refractivity contribution in [3.8, 4) is 5.75 Å². The number of benzene rings is 1. The molecular weight excluding hydrogens is 306 g/mol. The molecule has 1 aromatic carbocycles. The second-order valence-corrected chi connectivity index (χ2v) is 5.51. The smallest absolute Gasteiger partial charge is 0.119 e. The predicted octanol–water partition coefficient (Wildman–Crippen LogP) is 2.82. The first kappa shape index (κ1) is 14.1. The Morgan fingerprint density at radius 2 is 2.16 bits per heavy atom. The van der Waals surface area contributed by atoms with Gasteiger partial charge in [-0.2, -0.15) is 5.10 Å². The Balaban J connectivity index is 2.03. The Labute approximate surface area is 122 Å². The molecule has 0 unspecified atom stereocenters. The van der Waals surface area contributed by atoms with Gasteiger partial charge in [0, 0.05) is 36.4 Å². The van der Waals surface area contributed by atoms with E-state index in [4.69, 9.17) is 4.74 Å². The van der Waals surface area contributed by atoms with Crippen molar-refractivity contribution < 1.29 is 4.74 Å². The van der Waals surface area contributed by atoms with E-state index in [9.17, 15) is 0 Å². The first-order chi connectivity index (χ1) is 9.08. The molecule has 2 aromatic rings. The molecule has 0 atom stereocenters. The molecule has 4 nitrogen and oxygen atoms in total. The number of ether oxygens (including phenoxy) is 1. The zero-order chi connectivity index (χ0) is 13.8. The highest BCUT2D eigenvalue weighted by atomic mass is 79.9. The molecule has 0 fully saturated rings. The summed E-state index contributed by atoms with van der Waals surface area (Å²) < 4.78 is 8.19. The highest BCUT2D eigenvalue weighted by molar-refractivity contribution is 9.10. The first-order valence-corrected chi connectivity index (χ1v) is 6.86. The van der Waals surface area contributed by atoms with Crippen LogP contribution in [0.3, 0.4) is 0 Å². The lowest BCUT2D eigenvalue weighted by atomic mass is 10.2. The van der Waals surface area contributed by atoms with E-state index in [1.807, 2.05) is 36.3 Å². The summed E-state index contributed by atoms with van der Waals surface area (Å²) in [6.07, 6.45) is 3.94. The van der Waals surface area contributed by atoms with Gasteiger partial charge in [0.1, 0.15) is 5.75 Å². The lowest BCUT2D eigenvalue weighted by Crippen LogP contribution is -2.17. The second-order valence-electron chi connectivity index (χ2n) is 4.65. The Hall–Kier alpha value is -1.33. The van der Waals surface area contributed by atoms with Crippen LogP contribution in [0.4, 0.5) is 0 Å². The first-order valence-electron chi connectivity index (χ1n) is 6.07. The van der Waals surface area contributed by atoms with Gasteiger partial charge in [-0.15, -0.1) is 0 Å². The number of hydrogen-bond acceptors (Lipinski definition) is 3. The summed E-state index contributed by atoms with van der Waals surface area (Å²) >= 11 is 3.58. The van der Waals surface area contributed by atoms with Crippen LogP contribution >= 0.6 is 15.9 Å². The highest BCUT2D eigenvalue weighted by Crippen LogP contribution is 2.23. The number of rotatable bonds is 5. The van der Waals surface area contributed by atoms with Crippen molar-refractivity contribution in [1.82, 2.24) is 14.7 Å². The molecule has 19 heavy (non-hydrogen) atoms. The summed E-state index contributed by atoms with van der Waals surface area (Å²) in [7, 11) is 5.72. The van der Waals surface area contributed by atoms with Crippen LogP contribution < -0.4 is 4.74 Å². The molecule has 0 aliphatic carbocycles. The third-order valence-electron chi connectivity index (χ3n) is 2.90. The molecule has 2 rings (SSSR count). The van der Waals surface area contributed by atoms with Gasteiger partial charge in [-0.25, -0.2) is 0 Å². The van der Waals surface area contributed by atoms with E-state index in [2.05, 4.69) is 39.0 Å². The molecule has 0 N–H and O–H groups in total. The van der Waals surface area contributed by atoms with E-state index < -0.39 is 0 Å². The molecule has 0 bridgehead atoms. The minimum Gasteiger partial charge on any atom is -0.497 e. The molecular formula is C14H18BrN3O. The molecule has 0 radical (unpaired) electrons. The minimum atomic E-state index is 0.854. The highest BCUT2D eigenvalue weighted by Gasteiger charge is 2.07. The van der Waals surface area contributed by atoms with Gasteiger partial charge in [0.2, 0.25) is 0 Å². The Kier molecular flexibility index (Phi) is 4.61. The van der Waals surface area contributed by atoms with E-state index in [0.717, 1.165) is 23.3 Å². The maximum Gasteiger partial charge on any atom is 0.119 e. The van der Waals surface area contributed by atoms with Crippen molar-refractivity contribution in [3.63, 3.8) is 0 Å². The molecule has 102 valence electrons. The molecule has 5 heteroatoms. The lowest BCUT2D eigenvalue weighted by Gasteiger charge is -2.17. The number of aryl methyl sites for hydroxylation is 1. The average molecular weight is 324 g/mol. The number of aromatic nitrogens is 2. The summed E-state index contributed by atoms with van der Waals surface area (Å²) in [4.78, 5) is 2.25. The third kappa shape index (κ3) is 3.81. The van der Waals surface area contributed by atoms with Crippen LogP contribution in [0.5, 0.6) is 5.75 Å². The minimum absolute atomic E-state index is 0.854. The van der Waals surface area contributed by atoms with Crippen molar-refractivity contribution >= 4 is 15.9 Å². The SMILES string of the molecule is COc1ccc(Br)c(CN(C)Cc2cnn(C)c2)c1. The number of halogens is 1. The van der Waals surface area contributed by atoms with Gasteiger partial charge in [0.05, 0.1) is 13.3 Å². The van der Waals surface area contributed by atoms with E-state index in [1.165, 1.54) is 11.1 Å². The van der Waals surface area contributed by atoms with Gasteiger partial charge < -0.3 is 4.74 Å². The summed E-state index contributed by atoms with van der Waals surface area (Å²) in [5.41, 5.74) is 2.43. The van der Waals surface area contributed by atoms with Crippen LogP contribution in [0.25, 0.3) is 0 Å². The molecule has 0 amide bonds. The van der Waals surface area contributed by atoms with Crippen molar-refractivity contribution in [2.75, 3.05) is 14.2 Å². The largest absolute Gasteiger partial charge is 0.497 e. The van der Waals surface area contributed by atoms with Crippen LogP contribution in [-0.4, -0.2) is 28.8 Å². The summed E-state index contributed by atoms with van der Waals surface area (Å²) in [5, 5.41) is 4.18. The quantitative estimate of drug-likeness (QED) is 0.847. The zero-order valence-corrected chi connectivity index (χ0v) is 13.0. The summed E-state index contributed by atoms with van der Waals surface area (Å²) in [6, 6.07) is 6.03. The van der Waals surface area contributed by atoms with Gasteiger partial charge in [-0.05, 0) is 30.8 Å². The zero-order valence-electron chi connectivity index (χ0n) is 11.4. The van der Waals surface area contributed by atoms with Gasteiger partial charge in [0.25, 0.3) is 0 Å². The van der Waals surface area contributed by atoms with Crippen LogP contribution in [0.1, 0.15) is 11.1 Å². The van der Waals surface area contributed by atoms with Crippen LogP contribution in [-0.2, 0) is 20.1 Å². The number of methoxy groups -OCH3 is 1. The van der Waals surface area contributed by atoms with Crippen LogP contribution in [0, 0.1) is 0 Å². The summed E-state index contributed by atoms with van der Waals surface area (Å²) in [6.45, 7) is 1.73. The molecule has 1 aromatic heterocycles. The van der Waals surface area contributed by atoms with Crippen LogP contribution in [0.15, 0.2) is 35.1 Å². The monoisotopic (exact) mass is 323 g/mol. The molecule has 0 spiro atoms. The second kappa shape index (κ2) is 6.21. The fourth-order valence-corrected chi connectivity index (χ4v) is 2.38. The van der Waals surface area contributed by atoms with Gasteiger partial charge in [0.15, 0.2) is 0 Å². The van der Waals surface area contributed by atoms with E-state index in [1.54, 1.807) is 7.11 Å². The molecule has 0 aliphatic heterocycles. The topological polar surface area (TPSA) is 30.3 Å². The van der Waals surface area contributed by atoms with Gasteiger partial charge >= 0.3 is 0 Å². The molecule has 0 saturated heterocycles. The van der Waals surface area contributed by atoms with E-state index in [0.29, 0.717) is 0 Å². The lowest BCUT2D eigenvalue weighted by molar-refractivity contribution is 0.317. The fraction of sp³-hybridized carbons (Fsp3) is 0.357. The van der Waals surface area contributed by atoms with Gasteiger partial charge in [-0.1, -0.05) is 15.9 Å². The van der Waals surface area contributed by atoms with Crippen molar-refractivity contribution in [3.05, 3.63) is 46.2 Å². The van der Waals surface area contributed by atoms with Crippen molar-refractivity contribution in [2.45, 2.75) is 13.1 Å². The predicted molar refractivity (Wildman–Crippen MR) is 79.1 cm³/mol. The average Bonchev–Trinajstić information content (AvgIpc) is 2.77.